The Balaban J connectivity index is 1.79. The summed E-state index contributed by atoms with van der Waals surface area (Å²) in [5.74, 6) is 0.852. The van der Waals surface area contributed by atoms with Crippen LogP contribution in [0.15, 0.2) is 0 Å². The molecule has 0 aromatic carbocycles. The molecule has 90 valence electrons. The first-order valence-electron chi connectivity index (χ1n) is 6.59. The summed E-state index contributed by atoms with van der Waals surface area (Å²) < 4.78 is 11.0. The summed E-state index contributed by atoms with van der Waals surface area (Å²) in [4.78, 5) is 0. The molecule has 1 rings (SSSR count). The van der Waals surface area contributed by atoms with Gasteiger partial charge in [-0.2, -0.15) is 0 Å². The van der Waals surface area contributed by atoms with Gasteiger partial charge in [0, 0.05) is 26.4 Å². The van der Waals surface area contributed by atoms with E-state index in [4.69, 9.17) is 9.47 Å². The molecule has 1 aliphatic carbocycles. The molecule has 0 amide bonds. The second-order valence-electron chi connectivity index (χ2n) is 4.48. The summed E-state index contributed by atoms with van der Waals surface area (Å²) in [5.41, 5.74) is 0. The zero-order valence-electron chi connectivity index (χ0n) is 10.2. The van der Waals surface area contributed by atoms with Crippen molar-refractivity contribution < 1.29 is 9.47 Å². The van der Waals surface area contributed by atoms with Gasteiger partial charge >= 0.3 is 0 Å². The number of rotatable bonds is 8. The van der Waals surface area contributed by atoms with E-state index in [0.29, 0.717) is 0 Å². The van der Waals surface area contributed by atoms with Gasteiger partial charge in [-0.3, -0.25) is 0 Å². The van der Waals surface area contributed by atoms with Crippen LogP contribution < -0.4 is 0 Å². The average molecular weight is 214 g/mol. The standard InChI is InChI=1S/C13H26O2/c1-2-14-10-6-7-11-15-12-13-8-4-3-5-9-13/h13H,2-12H2,1H3. The van der Waals surface area contributed by atoms with E-state index in [0.717, 1.165) is 45.2 Å². The third kappa shape index (κ3) is 6.91. The van der Waals surface area contributed by atoms with E-state index >= 15 is 0 Å². The molecule has 2 heteroatoms. The first-order valence-corrected chi connectivity index (χ1v) is 6.59. The van der Waals surface area contributed by atoms with E-state index in [1.807, 2.05) is 6.92 Å². The summed E-state index contributed by atoms with van der Waals surface area (Å²) in [6.45, 7) is 5.68. The predicted molar refractivity (Wildman–Crippen MR) is 63.1 cm³/mol. The minimum Gasteiger partial charge on any atom is -0.382 e. The van der Waals surface area contributed by atoms with Gasteiger partial charge < -0.3 is 9.47 Å². The highest BCUT2D eigenvalue weighted by molar-refractivity contribution is 4.64. The van der Waals surface area contributed by atoms with E-state index in [-0.39, 0.29) is 0 Å². The van der Waals surface area contributed by atoms with Gasteiger partial charge in [0.05, 0.1) is 0 Å². The highest BCUT2D eigenvalue weighted by Crippen LogP contribution is 2.23. The highest BCUT2D eigenvalue weighted by atomic mass is 16.5. The molecule has 0 spiro atoms. The normalized spacial score (nSPS) is 18.2. The molecule has 15 heavy (non-hydrogen) atoms. The second-order valence-corrected chi connectivity index (χ2v) is 4.48. The number of unbranched alkanes of at least 4 members (excludes halogenated alkanes) is 1. The van der Waals surface area contributed by atoms with Crippen LogP contribution in [0.4, 0.5) is 0 Å². The lowest BCUT2D eigenvalue weighted by molar-refractivity contribution is 0.0747. The van der Waals surface area contributed by atoms with Crippen LogP contribution in [0.2, 0.25) is 0 Å². The molecule has 0 atom stereocenters. The molecule has 0 bridgehead atoms. The molecule has 1 saturated carbocycles. The Morgan fingerprint density at radius 2 is 1.60 bits per heavy atom. The monoisotopic (exact) mass is 214 g/mol. The molecule has 0 unspecified atom stereocenters. The Morgan fingerprint density at radius 3 is 2.27 bits per heavy atom. The van der Waals surface area contributed by atoms with E-state index in [2.05, 4.69) is 0 Å². The molecule has 0 aromatic heterocycles. The van der Waals surface area contributed by atoms with Gasteiger partial charge in [0.2, 0.25) is 0 Å². The van der Waals surface area contributed by atoms with Crippen molar-refractivity contribution in [1.82, 2.24) is 0 Å². The van der Waals surface area contributed by atoms with Crippen LogP contribution in [0, 0.1) is 5.92 Å². The van der Waals surface area contributed by atoms with Crippen molar-refractivity contribution in [1.29, 1.82) is 0 Å². The Bertz CT molecular complexity index is 130. The fourth-order valence-electron chi connectivity index (χ4n) is 2.16. The first-order chi connectivity index (χ1) is 7.43. The minimum atomic E-state index is 0.836. The fraction of sp³-hybridized carbons (Fsp3) is 1.00. The van der Waals surface area contributed by atoms with Crippen molar-refractivity contribution in [2.24, 2.45) is 5.92 Å². The van der Waals surface area contributed by atoms with E-state index in [1.165, 1.54) is 32.1 Å². The summed E-state index contributed by atoms with van der Waals surface area (Å²) in [6, 6.07) is 0. The summed E-state index contributed by atoms with van der Waals surface area (Å²) in [6.07, 6.45) is 9.32. The SMILES string of the molecule is CCOCCCCOCC1CCCCC1. The molecule has 1 fully saturated rings. The Morgan fingerprint density at radius 1 is 0.933 bits per heavy atom. The molecule has 1 aliphatic rings. The first kappa shape index (κ1) is 13.0. The molecule has 0 heterocycles. The third-order valence-electron chi connectivity index (χ3n) is 3.11. The van der Waals surface area contributed by atoms with Gasteiger partial charge in [-0.25, -0.2) is 0 Å². The maximum Gasteiger partial charge on any atom is 0.0494 e. The number of hydrogen-bond acceptors (Lipinski definition) is 2. The molecular formula is C13H26O2. The van der Waals surface area contributed by atoms with Crippen LogP contribution in [0.25, 0.3) is 0 Å². The van der Waals surface area contributed by atoms with Gasteiger partial charge in [-0.15, -0.1) is 0 Å². The van der Waals surface area contributed by atoms with Crippen LogP contribution in [0.5, 0.6) is 0 Å². The topological polar surface area (TPSA) is 18.5 Å². The molecule has 0 aliphatic heterocycles. The zero-order chi connectivity index (χ0) is 10.8. The van der Waals surface area contributed by atoms with Gasteiger partial charge in [0.15, 0.2) is 0 Å². The molecular weight excluding hydrogens is 188 g/mol. The summed E-state index contributed by atoms with van der Waals surface area (Å²) in [7, 11) is 0. The van der Waals surface area contributed by atoms with E-state index in [1.54, 1.807) is 0 Å². The van der Waals surface area contributed by atoms with E-state index in [9.17, 15) is 0 Å². The van der Waals surface area contributed by atoms with Crippen LogP contribution in [-0.2, 0) is 9.47 Å². The molecule has 0 aromatic rings. The summed E-state index contributed by atoms with van der Waals surface area (Å²) >= 11 is 0. The quantitative estimate of drug-likeness (QED) is 0.577. The van der Waals surface area contributed by atoms with Gasteiger partial charge in [0.1, 0.15) is 0 Å². The predicted octanol–water partition coefficient (Wildman–Crippen LogP) is 3.40. The largest absolute Gasteiger partial charge is 0.382 e. The maximum absolute atomic E-state index is 5.70. The number of ether oxygens (including phenoxy) is 2. The van der Waals surface area contributed by atoms with Crippen molar-refractivity contribution >= 4 is 0 Å². The van der Waals surface area contributed by atoms with Gasteiger partial charge in [0.25, 0.3) is 0 Å². The summed E-state index contributed by atoms with van der Waals surface area (Å²) in [5, 5.41) is 0. The maximum atomic E-state index is 5.70. The lowest BCUT2D eigenvalue weighted by atomic mass is 9.90. The molecule has 0 saturated heterocycles. The molecule has 2 nitrogen and oxygen atoms in total. The van der Waals surface area contributed by atoms with Crippen LogP contribution in [-0.4, -0.2) is 26.4 Å². The van der Waals surface area contributed by atoms with Gasteiger partial charge in [-0.05, 0) is 38.5 Å². The Labute approximate surface area is 94.3 Å². The number of hydrogen-bond donors (Lipinski definition) is 0. The fourth-order valence-corrected chi connectivity index (χ4v) is 2.16. The van der Waals surface area contributed by atoms with Crippen molar-refractivity contribution in [3.8, 4) is 0 Å². The lowest BCUT2D eigenvalue weighted by Crippen LogP contribution is -2.13. The Kier molecular flexibility index (Phi) is 7.94. The zero-order valence-corrected chi connectivity index (χ0v) is 10.2. The highest BCUT2D eigenvalue weighted by Gasteiger charge is 2.12. The smallest absolute Gasteiger partial charge is 0.0494 e. The van der Waals surface area contributed by atoms with Crippen molar-refractivity contribution in [2.75, 3.05) is 26.4 Å². The lowest BCUT2D eigenvalue weighted by Gasteiger charge is -2.21. The van der Waals surface area contributed by atoms with Crippen molar-refractivity contribution in [3.05, 3.63) is 0 Å². The Hall–Kier alpha value is -0.0800. The minimum absolute atomic E-state index is 0.836. The van der Waals surface area contributed by atoms with E-state index < -0.39 is 0 Å². The van der Waals surface area contributed by atoms with Gasteiger partial charge in [-0.1, -0.05) is 19.3 Å². The van der Waals surface area contributed by atoms with Crippen LogP contribution in [0.1, 0.15) is 51.9 Å². The average Bonchev–Trinajstić information content (AvgIpc) is 2.29. The van der Waals surface area contributed by atoms with Crippen LogP contribution in [0.3, 0.4) is 0 Å². The third-order valence-corrected chi connectivity index (χ3v) is 3.11. The van der Waals surface area contributed by atoms with Crippen molar-refractivity contribution in [3.63, 3.8) is 0 Å². The second kappa shape index (κ2) is 9.17. The van der Waals surface area contributed by atoms with Crippen LogP contribution >= 0.6 is 0 Å². The van der Waals surface area contributed by atoms with Crippen molar-refractivity contribution in [2.45, 2.75) is 51.9 Å². The molecule has 0 radical (unpaired) electrons. The molecule has 0 N–H and O–H groups in total.